The van der Waals surface area contributed by atoms with E-state index < -0.39 is 0 Å². The number of ether oxygens (including phenoxy) is 2. The molecule has 0 saturated heterocycles. The van der Waals surface area contributed by atoms with Gasteiger partial charge in [-0.05, 0) is 54.4 Å². The molecule has 0 saturated carbocycles. The van der Waals surface area contributed by atoms with Gasteiger partial charge in [-0.1, -0.05) is 45.7 Å². The van der Waals surface area contributed by atoms with Crippen LogP contribution in [-0.4, -0.2) is 31.3 Å². The summed E-state index contributed by atoms with van der Waals surface area (Å²) in [5, 5.41) is 0.913. The van der Waals surface area contributed by atoms with Crippen molar-refractivity contribution in [2.24, 2.45) is 0 Å². The maximum absolute atomic E-state index is 6.70. The third-order valence-corrected chi connectivity index (χ3v) is 5.37. The van der Waals surface area contributed by atoms with Gasteiger partial charge in [0.25, 0.3) is 5.17 Å². The molecule has 26 heavy (non-hydrogen) atoms. The summed E-state index contributed by atoms with van der Waals surface area (Å²) < 4.78 is 12.0. The van der Waals surface area contributed by atoms with Crippen molar-refractivity contribution < 1.29 is 9.47 Å². The highest BCUT2D eigenvalue weighted by Crippen LogP contribution is 2.39. The predicted octanol–water partition coefficient (Wildman–Crippen LogP) is 5.66. The number of thiocarbonyl (C=S) groups is 1. The zero-order valence-corrected chi connectivity index (χ0v) is 18.2. The van der Waals surface area contributed by atoms with Gasteiger partial charge >= 0.3 is 0 Å². The molecule has 2 rings (SSSR count). The van der Waals surface area contributed by atoms with Crippen molar-refractivity contribution in [3.63, 3.8) is 0 Å². The van der Waals surface area contributed by atoms with Crippen LogP contribution in [0.2, 0.25) is 5.02 Å². The standard InChI is InChI=1S/C20H21BrClNO2S/c1-5-6-16-17(21)12-14(11-13-7-9-15(24-4)10-8-13)18(22)19(16)25-20(26)23(2)3/h5,7-10,12H,1,6,11H2,2-4H3. The number of benzene rings is 2. The normalized spacial score (nSPS) is 10.3. The van der Waals surface area contributed by atoms with E-state index in [0.717, 1.165) is 26.9 Å². The van der Waals surface area contributed by atoms with E-state index in [4.69, 9.17) is 33.3 Å². The fourth-order valence-electron chi connectivity index (χ4n) is 2.40. The average Bonchev–Trinajstić information content (AvgIpc) is 2.62. The molecular formula is C20H21BrClNO2S. The molecule has 0 unspecified atom stereocenters. The number of methoxy groups -OCH3 is 1. The lowest BCUT2D eigenvalue weighted by atomic mass is 10.0. The average molecular weight is 455 g/mol. The molecule has 0 bridgehead atoms. The first-order chi connectivity index (χ1) is 12.4. The number of rotatable bonds is 6. The summed E-state index contributed by atoms with van der Waals surface area (Å²) in [6.07, 6.45) is 3.10. The van der Waals surface area contributed by atoms with Crippen LogP contribution in [0, 0.1) is 0 Å². The summed E-state index contributed by atoms with van der Waals surface area (Å²) in [5.74, 6) is 1.39. The van der Waals surface area contributed by atoms with Gasteiger partial charge in [0.1, 0.15) is 5.75 Å². The molecule has 138 valence electrons. The minimum atomic E-state index is 0.353. The van der Waals surface area contributed by atoms with Crippen LogP contribution in [0.25, 0.3) is 0 Å². The molecule has 0 spiro atoms. The third kappa shape index (κ3) is 5.00. The molecule has 2 aromatic carbocycles. The summed E-state index contributed by atoms with van der Waals surface area (Å²) in [6, 6.07) is 9.93. The predicted molar refractivity (Wildman–Crippen MR) is 116 cm³/mol. The van der Waals surface area contributed by atoms with Crippen LogP contribution >= 0.6 is 39.7 Å². The molecule has 0 fully saturated rings. The number of hydrogen-bond donors (Lipinski definition) is 0. The highest BCUT2D eigenvalue weighted by molar-refractivity contribution is 9.10. The number of nitrogens with zero attached hydrogens (tertiary/aromatic N) is 1. The maximum Gasteiger partial charge on any atom is 0.264 e. The molecule has 0 heterocycles. The van der Waals surface area contributed by atoms with Crippen molar-refractivity contribution in [3.05, 3.63) is 69.2 Å². The fraction of sp³-hybridized carbons (Fsp3) is 0.250. The summed E-state index contributed by atoms with van der Waals surface area (Å²) >= 11 is 15.6. The Hall–Kier alpha value is -1.56. The topological polar surface area (TPSA) is 21.7 Å². The molecule has 0 aliphatic carbocycles. The van der Waals surface area contributed by atoms with Crippen LogP contribution in [0.3, 0.4) is 0 Å². The van der Waals surface area contributed by atoms with Crippen molar-refractivity contribution in [1.29, 1.82) is 0 Å². The Morgan fingerprint density at radius 3 is 2.50 bits per heavy atom. The van der Waals surface area contributed by atoms with E-state index in [9.17, 15) is 0 Å². The second kappa shape index (κ2) is 9.40. The smallest absolute Gasteiger partial charge is 0.264 e. The van der Waals surface area contributed by atoms with Crippen molar-refractivity contribution in [2.45, 2.75) is 12.8 Å². The van der Waals surface area contributed by atoms with Gasteiger partial charge in [0, 0.05) is 24.1 Å². The van der Waals surface area contributed by atoms with Crippen LogP contribution in [0.5, 0.6) is 11.5 Å². The van der Waals surface area contributed by atoms with Crippen molar-refractivity contribution >= 4 is 44.9 Å². The first kappa shape index (κ1) is 20.7. The first-order valence-electron chi connectivity index (χ1n) is 8.00. The Morgan fingerprint density at radius 2 is 1.96 bits per heavy atom. The van der Waals surface area contributed by atoms with E-state index in [1.165, 1.54) is 0 Å². The van der Waals surface area contributed by atoms with E-state index in [-0.39, 0.29) is 0 Å². The van der Waals surface area contributed by atoms with Gasteiger partial charge in [-0.2, -0.15) is 0 Å². The van der Waals surface area contributed by atoms with E-state index in [1.807, 2.05) is 50.5 Å². The van der Waals surface area contributed by atoms with Crippen LogP contribution in [0.4, 0.5) is 0 Å². The number of hydrogen-bond acceptors (Lipinski definition) is 3. The SMILES string of the molecule is C=CCc1c(Br)cc(Cc2ccc(OC)cc2)c(Cl)c1OC(=S)N(C)C. The van der Waals surface area contributed by atoms with Gasteiger partial charge in [0.05, 0.1) is 12.1 Å². The molecule has 0 aromatic heterocycles. The van der Waals surface area contributed by atoms with Crippen LogP contribution in [0.15, 0.2) is 47.5 Å². The number of halogens is 2. The largest absolute Gasteiger partial charge is 0.497 e. The lowest BCUT2D eigenvalue weighted by Crippen LogP contribution is -2.25. The lowest BCUT2D eigenvalue weighted by Gasteiger charge is -2.20. The minimum absolute atomic E-state index is 0.353. The molecule has 0 N–H and O–H groups in total. The Labute approximate surface area is 173 Å². The highest BCUT2D eigenvalue weighted by Gasteiger charge is 2.19. The van der Waals surface area contributed by atoms with Crippen molar-refractivity contribution in [1.82, 2.24) is 4.90 Å². The monoisotopic (exact) mass is 453 g/mol. The minimum Gasteiger partial charge on any atom is -0.497 e. The Kier molecular flexibility index (Phi) is 7.50. The Bertz CT molecular complexity index is 806. The van der Waals surface area contributed by atoms with Gasteiger partial charge in [-0.25, -0.2) is 0 Å². The fourth-order valence-corrected chi connectivity index (χ4v) is 3.38. The zero-order valence-electron chi connectivity index (χ0n) is 15.0. The van der Waals surface area contributed by atoms with Crippen LogP contribution in [0.1, 0.15) is 16.7 Å². The second-order valence-corrected chi connectivity index (χ2v) is 7.50. The quantitative estimate of drug-likeness (QED) is 0.415. The Balaban J connectivity index is 2.44. The van der Waals surface area contributed by atoms with Gasteiger partial charge in [0.15, 0.2) is 5.75 Å². The van der Waals surface area contributed by atoms with Crippen molar-refractivity contribution in [3.8, 4) is 11.5 Å². The van der Waals surface area contributed by atoms with Gasteiger partial charge in [-0.15, -0.1) is 6.58 Å². The molecule has 0 amide bonds. The molecule has 0 atom stereocenters. The molecule has 3 nitrogen and oxygen atoms in total. The van der Waals surface area contributed by atoms with E-state index >= 15 is 0 Å². The van der Waals surface area contributed by atoms with Gasteiger partial charge in [0.2, 0.25) is 0 Å². The van der Waals surface area contributed by atoms with Gasteiger partial charge < -0.3 is 14.4 Å². The summed E-state index contributed by atoms with van der Waals surface area (Å²) in [4.78, 5) is 1.73. The zero-order chi connectivity index (χ0) is 19.3. The second-order valence-electron chi connectivity index (χ2n) is 5.92. The summed E-state index contributed by atoms with van der Waals surface area (Å²) in [6.45, 7) is 3.81. The van der Waals surface area contributed by atoms with Gasteiger partial charge in [-0.3, -0.25) is 0 Å². The summed E-state index contributed by atoms with van der Waals surface area (Å²) in [7, 11) is 5.32. The van der Waals surface area contributed by atoms with E-state index in [2.05, 4.69) is 22.5 Å². The molecule has 0 radical (unpaired) electrons. The van der Waals surface area contributed by atoms with Crippen LogP contribution < -0.4 is 9.47 Å². The highest BCUT2D eigenvalue weighted by atomic mass is 79.9. The molecular weight excluding hydrogens is 434 g/mol. The maximum atomic E-state index is 6.70. The lowest BCUT2D eigenvalue weighted by molar-refractivity contribution is 0.414. The molecule has 0 aliphatic heterocycles. The molecule has 0 aliphatic rings. The summed E-state index contributed by atoms with van der Waals surface area (Å²) in [5.41, 5.74) is 3.00. The number of allylic oxidation sites excluding steroid dienone is 1. The van der Waals surface area contributed by atoms with E-state index in [0.29, 0.717) is 28.8 Å². The molecule has 6 heteroatoms. The van der Waals surface area contributed by atoms with Crippen LogP contribution in [-0.2, 0) is 12.8 Å². The Morgan fingerprint density at radius 1 is 1.31 bits per heavy atom. The third-order valence-electron chi connectivity index (χ3n) is 3.80. The van der Waals surface area contributed by atoms with E-state index in [1.54, 1.807) is 12.0 Å². The van der Waals surface area contributed by atoms with Crippen molar-refractivity contribution in [2.75, 3.05) is 21.2 Å². The first-order valence-corrected chi connectivity index (χ1v) is 9.58. The molecule has 2 aromatic rings.